The lowest BCUT2D eigenvalue weighted by Crippen LogP contribution is -2.85. The topological polar surface area (TPSA) is 129 Å². The molecule has 2 aliphatic heterocycles. The van der Waals surface area contributed by atoms with E-state index in [0.29, 0.717) is 30.0 Å². The third-order valence-corrected chi connectivity index (χ3v) is 10.1. The molecule has 2 spiro atoms. The second-order valence-electron chi connectivity index (χ2n) is 11.0. The maximum absolute atomic E-state index is 13.7. The number of anilines is 1. The van der Waals surface area contributed by atoms with Gasteiger partial charge in [0, 0.05) is 29.1 Å². The molecule has 4 bridgehead atoms. The summed E-state index contributed by atoms with van der Waals surface area (Å²) in [6, 6.07) is 0. The van der Waals surface area contributed by atoms with Gasteiger partial charge in [-0.2, -0.15) is 0 Å². The number of Topliss-reactive ketones (excluding diaryl/α,β-unsaturated/α-hetero) is 1. The van der Waals surface area contributed by atoms with Crippen molar-refractivity contribution in [2.75, 3.05) is 11.9 Å². The van der Waals surface area contributed by atoms with Crippen molar-refractivity contribution in [1.29, 1.82) is 0 Å². The number of hydrogen-bond acceptors (Lipinski definition) is 8. The van der Waals surface area contributed by atoms with E-state index in [1.54, 1.807) is 0 Å². The molecule has 0 unspecified atom stereocenters. The van der Waals surface area contributed by atoms with Crippen LogP contribution in [0, 0.1) is 28.6 Å². The number of nitrogens with zero attached hydrogens (tertiary/aromatic N) is 1. The van der Waals surface area contributed by atoms with Gasteiger partial charge in [-0.05, 0) is 36.2 Å². The van der Waals surface area contributed by atoms with Gasteiger partial charge in [-0.15, -0.1) is 11.3 Å². The molecule has 5 fully saturated rings. The minimum Gasteiger partial charge on any atom is -0.391 e. The van der Waals surface area contributed by atoms with Crippen LogP contribution in [0.1, 0.15) is 44.2 Å². The molecule has 3 heterocycles. The van der Waals surface area contributed by atoms with Crippen molar-refractivity contribution in [1.82, 2.24) is 4.98 Å². The van der Waals surface area contributed by atoms with Gasteiger partial charge < -0.3 is 25.4 Å². The van der Waals surface area contributed by atoms with E-state index in [0.717, 1.165) is 10.6 Å². The SMILES string of the molecule is C=C1C(=O)[C@]23[C@H](O)[C@H]1CC[C@H]2[C@@]12CO[C@]3(O)[C@@H](O)[C@@H]1C(C)(C)Cc1sc(NC(C)=O)nc12. The standard InChI is InChI=1S/C23H28N2O6S/c1-9-11-5-6-13-21-8-31-23(30,22(13,16(9)27)17(11)28)18(29)14(21)20(3,4)7-12-15(21)25-19(32-12)24-10(2)26/h11,13-14,17-18,28-30H,1,5-8H2,2-4H3,(H,24,25,26)/t11-,13-,14+,17+,18-,21-,22-,23+/m0/s1. The molecule has 8 nitrogen and oxygen atoms in total. The van der Waals surface area contributed by atoms with Gasteiger partial charge in [-0.3, -0.25) is 9.59 Å². The maximum atomic E-state index is 13.7. The zero-order valence-electron chi connectivity index (χ0n) is 18.3. The first-order valence-corrected chi connectivity index (χ1v) is 12.0. The van der Waals surface area contributed by atoms with Crippen molar-refractivity contribution in [3.8, 4) is 0 Å². The Balaban J connectivity index is 1.65. The Hall–Kier alpha value is -1.65. The lowest BCUT2D eigenvalue weighted by Gasteiger charge is -2.73. The highest BCUT2D eigenvalue weighted by Gasteiger charge is 2.86. The summed E-state index contributed by atoms with van der Waals surface area (Å²) in [6.07, 6.45) is -0.781. The summed E-state index contributed by atoms with van der Waals surface area (Å²) in [5, 5.41) is 38.2. The number of aliphatic hydroxyl groups excluding tert-OH is 2. The molecule has 172 valence electrons. The van der Waals surface area contributed by atoms with Crippen LogP contribution in [0.25, 0.3) is 0 Å². The second-order valence-corrected chi connectivity index (χ2v) is 12.1. The Morgan fingerprint density at radius 3 is 2.69 bits per heavy atom. The van der Waals surface area contributed by atoms with Gasteiger partial charge in [0.25, 0.3) is 0 Å². The predicted octanol–water partition coefficient (Wildman–Crippen LogP) is 1.14. The Morgan fingerprint density at radius 2 is 2.00 bits per heavy atom. The molecule has 1 amide bonds. The monoisotopic (exact) mass is 460 g/mol. The summed E-state index contributed by atoms with van der Waals surface area (Å²) in [6.45, 7) is 9.57. The van der Waals surface area contributed by atoms with E-state index >= 15 is 0 Å². The molecular weight excluding hydrogens is 432 g/mol. The molecule has 9 heteroatoms. The molecule has 8 atom stereocenters. The van der Waals surface area contributed by atoms with Gasteiger partial charge in [0.05, 0.1) is 18.4 Å². The highest BCUT2D eigenvalue weighted by Crippen LogP contribution is 2.75. The number of ketones is 1. The average molecular weight is 461 g/mol. The first-order valence-electron chi connectivity index (χ1n) is 11.2. The Bertz CT molecular complexity index is 1100. The fourth-order valence-electron chi connectivity index (χ4n) is 8.30. The number of hydrogen-bond donors (Lipinski definition) is 4. The summed E-state index contributed by atoms with van der Waals surface area (Å²) < 4.78 is 6.02. The van der Waals surface area contributed by atoms with Crippen molar-refractivity contribution in [3.05, 3.63) is 22.7 Å². The number of rotatable bonds is 1. The van der Waals surface area contributed by atoms with Crippen LogP contribution in [0.15, 0.2) is 12.2 Å². The number of thiazole rings is 1. The van der Waals surface area contributed by atoms with Gasteiger partial charge in [-0.25, -0.2) is 4.98 Å². The van der Waals surface area contributed by atoms with E-state index in [1.165, 1.54) is 18.3 Å². The van der Waals surface area contributed by atoms with Crippen LogP contribution in [0.3, 0.4) is 0 Å². The Labute approximate surface area is 189 Å². The van der Waals surface area contributed by atoms with Crippen LogP contribution in [-0.4, -0.2) is 56.6 Å². The summed E-state index contributed by atoms with van der Waals surface area (Å²) in [7, 11) is 0. The Kier molecular flexibility index (Phi) is 3.84. The molecular formula is C23H28N2O6S. The molecule has 2 saturated heterocycles. The number of fused-ring (bicyclic) bond motifs is 3. The Morgan fingerprint density at radius 1 is 1.28 bits per heavy atom. The molecule has 0 radical (unpaired) electrons. The van der Waals surface area contributed by atoms with E-state index in [-0.39, 0.29) is 12.5 Å². The smallest absolute Gasteiger partial charge is 0.223 e. The van der Waals surface area contributed by atoms with Gasteiger partial charge >= 0.3 is 0 Å². The van der Waals surface area contributed by atoms with Crippen LogP contribution < -0.4 is 5.32 Å². The van der Waals surface area contributed by atoms with Crippen LogP contribution in [0.2, 0.25) is 0 Å². The zero-order valence-corrected chi connectivity index (χ0v) is 19.2. The molecule has 4 N–H and O–H groups in total. The average Bonchev–Trinajstić information content (AvgIpc) is 3.12. The third kappa shape index (κ3) is 1.95. The molecule has 4 aliphatic carbocycles. The van der Waals surface area contributed by atoms with Crippen LogP contribution in [0.4, 0.5) is 5.13 Å². The molecule has 32 heavy (non-hydrogen) atoms. The van der Waals surface area contributed by atoms with Gasteiger partial charge in [0.15, 0.2) is 10.9 Å². The molecule has 6 aliphatic rings. The van der Waals surface area contributed by atoms with E-state index in [9.17, 15) is 24.9 Å². The first-order chi connectivity index (χ1) is 14.9. The van der Waals surface area contributed by atoms with Crippen molar-refractivity contribution < 1.29 is 29.6 Å². The van der Waals surface area contributed by atoms with Crippen LogP contribution >= 0.6 is 11.3 Å². The molecule has 1 aromatic heterocycles. The second kappa shape index (κ2) is 5.88. The van der Waals surface area contributed by atoms with Crippen molar-refractivity contribution in [2.24, 2.45) is 28.6 Å². The minimum atomic E-state index is -2.19. The number of aromatic nitrogens is 1. The predicted molar refractivity (Wildman–Crippen MR) is 115 cm³/mol. The largest absolute Gasteiger partial charge is 0.391 e. The number of carbonyl (C=O) groups excluding carboxylic acids is 2. The summed E-state index contributed by atoms with van der Waals surface area (Å²) in [4.78, 5) is 31.2. The van der Waals surface area contributed by atoms with E-state index < -0.39 is 57.8 Å². The quantitative estimate of drug-likeness (QED) is 0.463. The number of carbonyl (C=O) groups is 2. The molecule has 7 rings (SSSR count). The third-order valence-electron chi connectivity index (χ3n) is 9.18. The highest BCUT2D eigenvalue weighted by molar-refractivity contribution is 7.15. The fraction of sp³-hybridized carbons (Fsp3) is 0.696. The lowest BCUT2D eigenvalue weighted by atomic mass is 9.36. The number of ether oxygens (including phenoxy) is 1. The minimum absolute atomic E-state index is 0.0917. The van der Waals surface area contributed by atoms with Gasteiger partial charge in [0.1, 0.15) is 11.5 Å². The van der Waals surface area contributed by atoms with Gasteiger partial charge in [0.2, 0.25) is 11.7 Å². The number of amides is 1. The normalized spacial score (nSPS) is 47.6. The van der Waals surface area contributed by atoms with E-state index in [2.05, 4.69) is 25.7 Å². The van der Waals surface area contributed by atoms with Crippen LogP contribution in [-0.2, 0) is 26.2 Å². The highest BCUT2D eigenvalue weighted by atomic mass is 32.1. The van der Waals surface area contributed by atoms with Crippen molar-refractivity contribution >= 4 is 28.2 Å². The lowest BCUT2D eigenvalue weighted by molar-refractivity contribution is -0.429. The van der Waals surface area contributed by atoms with E-state index in [4.69, 9.17) is 9.72 Å². The fourth-order valence-corrected chi connectivity index (χ4v) is 9.64. The van der Waals surface area contributed by atoms with Crippen LogP contribution in [0.5, 0.6) is 0 Å². The zero-order chi connectivity index (χ0) is 23.0. The molecule has 3 saturated carbocycles. The number of nitrogens with one attached hydrogen (secondary N) is 1. The van der Waals surface area contributed by atoms with E-state index in [1.807, 2.05) is 0 Å². The maximum Gasteiger partial charge on any atom is 0.223 e. The summed E-state index contributed by atoms with van der Waals surface area (Å²) >= 11 is 1.40. The summed E-state index contributed by atoms with van der Waals surface area (Å²) in [5.41, 5.74) is -1.97. The number of aliphatic hydroxyl groups is 3. The van der Waals surface area contributed by atoms with Crippen molar-refractivity contribution in [2.45, 2.75) is 63.4 Å². The van der Waals surface area contributed by atoms with Crippen molar-refractivity contribution in [3.63, 3.8) is 0 Å². The van der Waals surface area contributed by atoms with Gasteiger partial charge in [-0.1, -0.05) is 20.4 Å². The molecule has 1 aromatic rings. The first kappa shape index (κ1) is 20.9. The summed E-state index contributed by atoms with van der Waals surface area (Å²) in [5.74, 6) is -4.17. The molecule has 0 aromatic carbocycles.